The number of hydrogen-bond acceptors (Lipinski definition) is 4. The van der Waals surface area contributed by atoms with E-state index in [1.54, 1.807) is 19.2 Å². The molecule has 4 nitrogen and oxygen atoms in total. The van der Waals surface area contributed by atoms with Crippen LogP contribution in [0.5, 0.6) is 10.9 Å². The molecule has 0 aliphatic rings. The summed E-state index contributed by atoms with van der Waals surface area (Å²) in [6.45, 7) is 2.16. The van der Waals surface area contributed by atoms with Crippen molar-refractivity contribution in [2.24, 2.45) is 0 Å². The average molecular weight is 370 g/mol. The van der Waals surface area contributed by atoms with Crippen molar-refractivity contribution in [3.05, 3.63) is 76.5 Å². The van der Waals surface area contributed by atoms with Gasteiger partial charge in [0.15, 0.2) is 0 Å². The van der Waals surface area contributed by atoms with Gasteiger partial charge in [-0.1, -0.05) is 35.6 Å². The molecule has 2 aromatic carbocycles. The summed E-state index contributed by atoms with van der Waals surface area (Å²) in [6.07, 6.45) is 2.53. The molecule has 0 aliphatic carbocycles. The molecule has 3 aromatic rings. The van der Waals surface area contributed by atoms with Crippen LogP contribution < -0.4 is 10.1 Å². The van der Waals surface area contributed by atoms with E-state index >= 15 is 0 Å². The van der Waals surface area contributed by atoms with Gasteiger partial charge in [-0.05, 0) is 48.2 Å². The molecular formula is C20H19FN2O2S. The number of halogens is 1. The maximum Gasteiger partial charge on any atom is 0.278 e. The predicted octanol–water partition coefficient (Wildman–Crippen LogP) is 4.63. The first-order chi connectivity index (χ1) is 12.6. The number of aryl methyl sites for hydroxylation is 2. The van der Waals surface area contributed by atoms with Gasteiger partial charge in [-0.2, -0.15) is 0 Å². The number of ether oxygens (including phenoxy) is 1. The highest BCUT2D eigenvalue weighted by Crippen LogP contribution is 2.23. The fourth-order valence-corrected chi connectivity index (χ4v) is 2.88. The number of nitrogens with one attached hydrogen (secondary N) is 1. The number of aromatic nitrogens is 1. The molecule has 134 valence electrons. The highest BCUT2D eigenvalue weighted by Gasteiger charge is 2.05. The average Bonchev–Trinajstić information content (AvgIpc) is 3.15. The van der Waals surface area contributed by atoms with Crippen molar-refractivity contribution in [3.63, 3.8) is 0 Å². The second-order valence-electron chi connectivity index (χ2n) is 5.90. The Morgan fingerprint density at radius 1 is 1.19 bits per heavy atom. The van der Waals surface area contributed by atoms with E-state index in [1.807, 2.05) is 35.7 Å². The second kappa shape index (κ2) is 8.58. The summed E-state index contributed by atoms with van der Waals surface area (Å²) in [5.41, 5.74) is 2.42. The van der Waals surface area contributed by atoms with Crippen molar-refractivity contribution in [1.29, 1.82) is 0 Å². The number of thiazole rings is 1. The Morgan fingerprint density at radius 2 is 1.96 bits per heavy atom. The van der Waals surface area contributed by atoms with Crippen LogP contribution in [0.15, 0.2) is 54.0 Å². The molecule has 0 saturated carbocycles. The van der Waals surface area contributed by atoms with E-state index in [2.05, 4.69) is 10.3 Å². The van der Waals surface area contributed by atoms with Crippen LogP contribution in [0.2, 0.25) is 0 Å². The molecule has 1 aromatic heterocycles. The van der Waals surface area contributed by atoms with Crippen molar-refractivity contribution in [2.45, 2.75) is 26.3 Å². The van der Waals surface area contributed by atoms with Crippen LogP contribution >= 0.6 is 11.3 Å². The third-order valence-corrected chi connectivity index (χ3v) is 4.55. The Kier molecular flexibility index (Phi) is 5.96. The van der Waals surface area contributed by atoms with Gasteiger partial charge in [-0.25, -0.2) is 9.37 Å². The lowest BCUT2D eigenvalue weighted by atomic mass is 10.1. The Morgan fingerprint density at radius 3 is 2.65 bits per heavy atom. The number of nitrogens with zero attached hydrogens (tertiary/aromatic N) is 1. The highest BCUT2D eigenvalue weighted by molar-refractivity contribution is 7.11. The summed E-state index contributed by atoms with van der Waals surface area (Å²) in [5.74, 6) is 0.411. The second-order valence-corrected chi connectivity index (χ2v) is 6.76. The molecule has 1 N–H and O–H groups in total. The first-order valence-electron chi connectivity index (χ1n) is 8.28. The van der Waals surface area contributed by atoms with E-state index in [1.165, 1.54) is 17.4 Å². The van der Waals surface area contributed by atoms with Crippen molar-refractivity contribution in [3.8, 4) is 10.9 Å². The zero-order valence-electron chi connectivity index (χ0n) is 14.4. The highest BCUT2D eigenvalue weighted by atomic mass is 32.1. The molecule has 0 unspecified atom stereocenters. The number of rotatable bonds is 7. The maximum absolute atomic E-state index is 13.5. The van der Waals surface area contributed by atoms with E-state index in [4.69, 9.17) is 4.74 Å². The van der Waals surface area contributed by atoms with E-state index in [-0.39, 0.29) is 11.7 Å². The van der Waals surface area contributed by atoms with Gasteiger partial charge in [-0.3, -0.25) is 4.79 Å². The smallest absolute Gasteiger partial charge is 0.278 e. The zero-order chi connectivity index (χ0) is 18.4. The van der Waals surface area contributed by atoms with Crippen molar-refractivity contribution < 1.29 is 13.9 Å². The molecule has 0 fully saturated rings. The largest absolute Gasteiger partial charge is 0.431 e. The minimum atomic E-state index is -0.233. The number of carbonyl (C=O) groups excluding carboxylic acids is 1. The summed E-state index contributed by atoms with van der Waals surface area (Å²) in [5, 5.41) is 5.32. The molecule has 0 radical (unpaired) electrons. The summed E-state index contributed by atoms with van der Waals surface area (Å²) in [6, 6.07) is 12.6. The van der Waals surface area contributed by atoms with Gasteiger partial charge < -0.3 is 10.1 Å². The van der Waals surface area contributed by atoms with Crippen LogP contribution in [-0.4, -0.2) is 10.9 Å². The standard InChI is InChI=1S/C20H19FN2O2S/c1-14-2-3-15(12-18(14)21)6-9-19(24)23-13-16-4-7-17(8-5-16)25-20-22-10-11-26-20/h2-5,7-8,10-12H,6,9,13H2,1H3,(H,23,24). The molecule has 6 heteroatoms. The quantitative estimate of drug-likeness (QED) is 0.660. The number of carbonyl (C=O) groups is 1. The van der Waals surface area contributed by atoms with Crippen LogP contribution in [0.4, 0.5) is 4.39 Å². The molecule has 0 aliphatic heterocycles. The van der Waals surface area contributed by atoms with Crippen molar-refractivity contribution >= 4 is 17.2 Å². The predicted molar refractivity (Wildman–Crippen MR) is 99.9 cm³/mol. The molecule has 1 heterocycles. The van der Waals surface area contributed by atoms with E-state index in [9.17, 15) is 9.18 Å². The van der Waals surface area contributed by atoms with E-state index < -0.39 is 0 Å². The number of benzene rings is 2. The normalized spacial score (nSPS) is 10.5. The molecule has 26 heavy (non-hydrogen) atoms. The summed E-state index contributed by atoms with van der Waals surface area (Å²) < 4.78 is 19.1. The minimum Gasteiger partial charge on any atom is -0.431 e. The van der Waals surface area contributed by atoms with Gasteiger partial charge in [0, 0.05) is 24.5 Å². The fourth-order valence-electron chi connectivity index (χ4n) is 2.38. The number of amides is 1. The SMILES string of the molecule is Cc1ccc(CCC(=O)NCc2ccc(Oc3nccs3)cc2)cc1F. The Bertz CT molecular complexity index is 864. The van der Waals surface area contributed by atoms with Gasteiger partial charge in [0.2, 0.25) is 5.91 Å². The lowest BCUT2D eigenvalue weighted by Gasteiger charge is -2.07. The number of hydrogen-bond donors (Lipinski definition) is 1. The van der Waals surface area contributed by atoms with Crippen LogP contribution in [0.25, 0.3) is 0 Å². The Hall–Kier alpha value is -2.73. The lowest BCUT2D eigenvalue weighted by molar-refractivity contribution is -0.121. The summed E-state index contributed by atoms with van der Waals surface area (Å²) in [7, 11) is 0. The van der Waals surface area contributed by atoms with Gasteiger partial charge in [-0.15, -0.1) is 0 Å². The first-order valence-corrected chi connectivity index (χ1v) is 9.16. The van der Waals surface area contributed by atoms with Crippen LogP contribution in [0.1, 0.15) is 23.1 Å². The molecular weight excluding hydrogens is 351 g/mol. The lowest BCUT2D eigenvalue weighted by Crippen LogP contribution is -2.22. The minimum absolute atomic E-state index is 0.0610. The van der Waals surface area contributed by atoms with Crippen molar-refractivity contribution in [1.82, 2.24) is 10.3 Å². The fraction of sp³-hybridized carbons (Fsp3) is 0.200. The van der Waals surface area contributed by atoms with Crippen LogP contribution in [0.3, 0.4) is 0 Å². The molecule has 0 bridgehead atoms. The molecule has 1 amide bonds. The first kappa shape index (κ1) is 18.1. The van der Waals surface area contributed by atoms with Gasteiger partial charge in [0.05, 0.1) is 0 Å². The van der Waals surface area contributed by atoms with Gasteiger partial charge in [0.1, 0.15) is 11.6 Å². The molecule has 0 atom stereocenters. The molecule has 0 saturated heterocycles. The Labute approximate surface area is 155 Å². The van der Waals surface area contributed by atoms with Crippen LogP contribution in [-0.2, 0) is 17.8 Å². The molecule has 0 spiro atoms. The summed E-state index contributed by atoms with van der Waals surface area (Å²) in [4.78, 5) is 16.0. The zero-order valence-corrected chi connectivity index (χ0v) is 15.2. The van der Waals surface area contributed by atoms with Gasteiger partial charge in [0.25, 0.3) is 5.19 Å². The molecule has 3 rings (SSSR count). The maximum atomic E-state index is 13.5. The summed E-state index contributed by atoms with van der Waals surface area (Å²) >= 11 is 1.43. The van der Waals surface area contributed by atoms with Crippen LogP contribution in [0, 0.1) is 12.7 Å². The third-order valence-electron chi connectivity index (χ3n) is 3.90. The third kappa shape index (κ3) is 5.13. The Balaban J connectivity index is 1.44. The topological polar surface area (TPSA) is 51.2 Å². The van der Waals surface area contributed by atoms with Gasteiger partial charge >= 0.3 is 0 Å². The monoisotopic (exact) mass is 370 g/mol. The van der Waals surface area contributed by atoms with E-state index in [0.717, 1.165) is 11.1 Å². The van der Waals surface area contributed by atoms with E-state index in [0.29, 0.717) is 35.9 Å². The van der Waals surface area contributed by atoms with Crippen molar-refractivity contribution in [2.75, 3.05) is 0 Å².